The van der Waals surface area contributed by atoms with Crippen molar-refractivity contribution in [3.05, 3.63) is 89.0 Å². The van der Waals surface area contributed by atoms with Crippen molar-refractivity contribution >= 4 is 35.4 Å². The summed E-state index contributed by atoms with van der Waals surface area (Å²) in [7, 11) is 1.54. The summed E-state index contributed by atoms with van der Waals surface area (Å²) in [5.74, 6) is -2.16. The van der Waals surface area contributed by atoms with Gasteiger partial charge in [0.25, 0.3) is 0 Å². The van der Waals surface area contributed by atoms with Gasteiger partial charge < -0.3 is 31.2 Å². The van der Waals surface area contributed by atoms with E-state index < -0.39 is 53.7 Å². The third-order valence-electron chi connectivity index (χ3n) is 9.70. The maximum atomic E-state index is 14.6. The number of amides is 4. The van der Waals surface area contributed by atoms with E-state index in [4.69, 9.17) is 22.1 Å². The van der Waals surface area contributed by atoms with Crippen LogP contribution >= 0.6 is 11.6 Å². The smallest absolute Gasteiger partial charge is 0.417 e. The van der Waals surface area contributed by atoms with Gasteiger partial charge >= 0.3 is 6.09 Å². The zero-order valence-electron chi connectivity index (χ0n) is 31.2. The predicted molar refractivity (Wildman–Crippen MR) is 204 cm³/mol. The molecule has 53 heavy (non-hydrogen) atoms. The largest absolute Gasteiger partial charge is 0.443 e. The lowest BCUT2D eigenvalue weighted by Crippen LogP contribution is -2.60. The molecule has 6 N–H and O–H groups in total. The molecule has 5 atom stereocenters. The standard InChI is InChI=1S/C40H55ClN6O6/c1-40(2,3)53-39(52)47(38(51)32(42)19-26-13-7-5-8-14-26)34(23-30-24-44-25-45-30)37(50)46-33(20-27-15-9-6-10-16-27)35(48)22-29(36(49)43-4)21-28-17-11-12-18-31(28)41/h5,7-8,11-14,17-18,24-25,27,29,32-35,48H,6,9-10,15-16,19-23,42H2,1-4H3,(H,43,49)(H,44,45)(H,46,50)/t29-,32+,33+,34+,35+/m1/s1. The molecule has 288 valence electrons. The lowest BCUT2D eigenvalue weighted by molar-refractivity contribution is -0.141. The number of hydrogen-bond acceptors (Lipinski definition) is 8. The predicted octanol–water partition coefficient (Wildman–Crippen LogP) is 5.12. The SMILES string of the molecule is CNC(=O)[C@H](Cc1ccccc1Cl)C[C@H](O)[C@H](CC1CCCCC1)NC(=O)[C@H](Cc1cnc[nH]1)N(C(=O)OC(C)(C)C)C(=O)[C@@H](N)Cc1ccccc1. The monoisotopic (exact) mass is 750 g/mol. The summed E-state index contributed by atoms with van der Waals surface area (Å²) in [6.45, 7) is 5.01. The first-order valence-corrected chi connectivity index (χ1v) is 18.9. The lowest BCUT2D eigenvalue weighted by Gasteiger charge is -2.35. The quantitative estimate of drug-likeness (QED) is 0.134. The molecule has 1 saturated carbocycles. The second-order valence-electron chi connectivity index (χ2n) is 15.0. The fraction of sp³-hybridized carbons (Fsp3) is 0.525. The number of nitrogens with two attached hydrogens (primary N) is 1. The zero-order valence-corrected chi connectivity index (χ0v) is 32.0. The molecule has 1 aromatic heterocycles. The summed E-state index contributed by atoms with van der Waals surface area (Å²) in [6, 6.07) is 13.0. The van der Waals surface area contributed by atoms with Crippen LogP contribution in [0.3, 0.4) is 0 Å². The number of aromatic amines is 1. The van der Waals surface area contributed by atoms with Crippen molar-refractivity contribution in [3.63, 3.8) is 0 Å². The van der Waals surface area contributed by atoms with E-state index in [1.165, 1.54) is 12.5 Å². The van der Waals surface area contributed by atoms with Gasteiger partial charge in [-0.3, -0.25) is 14.4 Å². The molecule has 2 aromatic carbocycles. The van der Waals surface area contributed by atoms with E-state index in [1.807, 2.05) is 48.5 Å². The summed E-state index contributed by atoms with van der Waals surface area (Å²) in [5.41, 5.74) is 7.51. The molecule has 0 spiro atoms. The first-order chi connectivity index (χ1) is 25.3. The van der Waals surface area contributed by atoms with Crippen molar-refractivity contribution in [1.82, 2.24) is 25.5 Å². The van der Waals surface area contributed by atoms with Crippen LogP contribution in [0, 0.1) is 11.8 Å². The number of aliphatic hydroxyl groups excluding tert-OH is 1. The molecule has 4 rings (SSSR count). The number of nitrogens with one attached hydrogen (secondary N) is 3. The fourth-order valence-corrected chi connectivity index (χ4v) is 7.18. The van der Waals surface area contributed by atoms with Gasteiger partial charge in [0.15, 0.2) is 0 Å². The number of aromatic nitrogens is 2. The Morgan fingerprint density at radius 1 is 1.00 bits per heavy atom. The number of hydrogen-bond donors (Lipinski definition) is 5. The minimum Gasteiger partial charge on any atom is -0.443 e. The molecule has 0 saturated heterocycles. The Bertz CT molecular complexity index is 1630. The highest BCUT2D eigenvalue weighted by molar-refractivity contribution is 6.31. The van der Waals surface area contributed by atoms with Gasteiger partial charge in [-0.2, -0.15) is 0 Å². The Kier molecular flexibility index (Phi) is 15.4. The third kappa shape index (κ3) is 12.7. The molecule has 1 fully saturated rings. The average Bonchev–Trinajstić information content (AvgIpc) is 3.64. The van der Waals surface area contributed by atoms with Gasteiger partial charge in [-0.25, -0.2) is 14.7 Å². The Hall–Kier alpha value is -4.26. The van der Waals surface area contributed by atoms with Crippen LogP contribution in [0.4, 0.5) is 4.79 Å². The summed E-state index contributed by atoms with van der Waals surface area (Å²) in [6.07, 6.45) is 6.62. The molecular weight excluding hydrogens is 696 g/mol. The Morgan fingerprint density at radius 3 is 2.30 bits per heavy atom. The molecule has 1 aliphatic rings. The number of nitrogens with zero attached hydrogens (tertiary/aromatic N) is 2. The van der Waals surface area contributed by atoms with Crippen LogP contribution in [0.25, 0.3) is 0 Å². The number of aliphatic hydroxyl groups is 1. The van der Waals surface area contributed by atoms with Crippen LogP contribution in [0.5, 0.6) is 0 Å². The minimum atomic E-state index is -1.42. The van der Waals surface area contributed by atoms with Crippen LogP contribution in [-0.2, 0) is 38.4 Å². The molecular formula is C40H55ClN6O6. The highest BCUT2D eigenvalue weighted by Gasteiger charge is 2.41. The molecule has 3 aromatic rings. The number of rotatable bonds is 16. The van der Waals surface area contributed by atoms with Crippen molar-refractivity contribution < 1.29 is 29.0 Å². The van der Waals surface area contributed by atoms with Crippen LogP contribution < -0.4 is 16.4 Å². The van der Waals surface area contributed by atoms with E-state index in [0.29, 0.717) is 17.1 Å². The number of halogens is 1. The number of H-pyrrole nitrogens is 1. The van der Waals surface area contributed by atoms with Gasteiger partial charge in [-0.15, -0.1) is 0 Å². The number of carbonyl (C=O) groups is 4. The molecule has 0 aliphatic heterocycles. The van der Waals surface area contributed by atoms with E-state index in [9.17, 15) is 24.3 Å². The van der Waals surface area contributed by atoms with Crippen molar-refractivity contribution in [2.75, 3.05) is 7.05 Å². The maximum absolute atomic E-state index is 14.6. The summed E-state index contributed by atoms with van der Waals surface area (Å²) in [5, 5.41) is 18.2. The Labute approximate surface area is 317 Å². The summed E-state index contributed by atoms with van der Waals surface area (Å²) >= 11 is 6.46. The third-order valence-corrected chi connectivity index (χ3v) is 10.1. The van der Waals surface area contributed by atoms with E-state index in [-0.39, 0.29) is 37.5 Å². The van der Waals surface area contributed by atoms with Crippen molar-refractivity contribution in [2.24, 2.45) is 17.6 Å². The zero-order chi connectivity index (χ0) is 38.5. The summed E-state index contributed by atoms with van der Waals surface area (Å²) in [4.78, 5) is 63.8. The number of imidazole rings is 1. The first kappa shape index (κ1) is 41.5. The number of benzene rings is 2. The number of ether oxygens (including phenoxy) is 1. The molecule has 1 aliphatic carbocycles. The van der Waals surface area contributed by atoms with Gasteiger partial charge in [0.05, 0.1) is 24.5 Å². The normalized spacial score (nSPS) is 16.4. The van der Waals surface area contributed by atoms with E-state index in [2.05, 4.69) is 20.6 Å². The minimum absolute atomic E-state index is 0.0322. The lowest BCUT2D eigenvalue weighted by atomic mass is 9.81. The van der Waals surface area contributed by atoms with Gasteiger partial charge in [-0.05, 0) is 69.6 Å². The van der Waals surface area contributed by atoms with Crippen LogP contribution in [0.2, 0.25) is 5.02 Å². The van der Waals surface area contributed by atoms with Gasteiger partial charge in [0.2, 0.25) is 17.7 Å². The van der Waals surface area contributed by atoms with Crippen molar-refractivity contribution in [3.8, 4) is 0 Å². The van der Waals surface area contributed by atoms with Gasteiger partial charge in [-0.1, -0.05) is 92.2 Å². The highest BCUT2D eigenvalue weighted by Crippen LogP contribution is 2.30. The number of carbonyl (C=O) groups excluding carboxylic acids is 4. The molecule has 1 heterocycles. The molecule has 4 amide bonds. The molecule has 0 bridgehead atoms. The Morgan fingerprint density at radius 2 is 1.68 bits per heavy atom. The van der Waals surface area contributed by atoms with E-state index in [1.54, 1.807) is 33.9 Å². The number of imide groups is 1. The Balaban J connectivity index is 1.68. The van der Waals surface area contributed by atoms with E-state index in [0.717, 1.165) is 48.1 Å². The van der Waals surface area contributed by atoms with Crippen LogP contribution in [0.15, 0.2) is 67.1 Å². The van der Waals surface area contributed by atoms with Gasteiger partial charge in [0.1, 0.15) is 11.6 Å². The molecule has 12 nitrogen and oxygen atoms in total. The van der Waals surface area contributed by atoms with E-state index >= 15 is 0 Å². The second kappa shape index (κ2) is 19.7. The first-order valence-electron chi connectivity index (χ1n) is 18.5. The highest BCUT2D eigenvalue weighted by atomic mass is 35.5. The molecule has 13 heteroatoms. The second-order valence-corrected chi connectivity index (χ2v) is 15.5. The maximum Gasteiger partial charge on any atom is 0.417 e. The van der Waals surface area contributed by atoms with Gasteiger partial charge in [0, 0.05) is 36.3 Å². The van der Waals surface area contributed by atoms with Crippen LogP contribution in [0.1, 0.15) is 82.5 Å². The van der Waals surface area contributed by atoms with Crippen molar-refractivity contribution in [2.45, 2.75) is 115 Å². The molecule has 0 radical (unpaired) electrons. The topological polar surface area (TPSA) is 180 Å². The van der Waals surface area contributed by atoms with Crippen LogP contribution in [-0.4, -0.2) is 80.7 Å². The van der Waals surface area contributed by atoms with Crippen molar-refractivity contribution in [1.29, 1.82) is 0 Å². The molecule has 0 unspecified atom stereocenters. The fourth-order valence-electron chi connectivity index (χ4n) is 6.97. The summed E-state index contributed by atoms with van der Waals surface area (Å²) < 4.78 is 5.70. The average molecular weight is 751 g/mol.